The van der Waals surface area contributed by atoms with E-state index >= 15 is 0 Å². The molecule has 0 saturated carbocycles. The smallest absolute Gasteiger partial charge is 0.262 e. The number of rotatable bonds is 3. The van der Waals surface area contributed by atoms with E-state index in [4.69, 9.17) is 14.2 Å². The van der Waals surface area contributed by atoms with Crippen LogP contribution in [0.2, 0.25) is 0 Å². The zero-order valence-electron chi connectivity index (χ0n) is 15.2. The van der Waals surface area contributed by atoms with E-state index in [0.29, 0.717) is 17.1 Å². The lowest BCUT2D eigenvalue weighted by molar-refractivity contribution is 0.0975. The summed E-state index contributed by atoms with van der Waals surface area (Å²) < 4.78 is 16.2. The number of methoxy groups -OCH3 is 1. The summed E-state index contributed by atoms with van der Waals surface area (Å²) in [5, 5.41) is 3.49. The van der Waals surface area contributed by atoms with Crippen LogP contribution in [0.5, 0.6) is 17.2 Å². The Hall–Kier alpha value is -3.67. The molecule has 2 aliphatic heterocycles. The molecule has 28 heavy (non-hydrogen) atoms. The highest BCUT2D eigenvalue weighted by molar-refractivity contribution is 6.12. The predicted octanol–water partition coefficient (Wildman–Crippen LogP) is 4.20. The SMILES string of the molecule is COc1ccc([C@H]2Nc3ccccc3C(=O)N2c2ccc3c(c2)OCO3)cc1. The number of anilines is 2. The number of hydrogen-bond donors (Lipinski definition) is 1. The molecule has 140 valence electrons. The number of amides is 1. The Balaban J connectivity index is 1.62. The first-order chi connectivity index (χ1) is 13.7. The van der Waals surface area contributed by atoms with Gasteiger partial charge in [0.1, 0.15) is 11.9 Å². The van der Waals surface area contributed by atoms with E-state index in [9.17, 15) is 4.79 Å². The lowest BCUT2D eigenvalue weighted by Gasteiger charge is -2.38. The molecule has 5 rings (SSSR count). The van der Waals surface area contributed by atoms with Gasteiger partial charge in [0.05, 0.1) is 18.4 Å². The molecule has 0 radical (unpaired) electrons. The van der Waals surface area contributed by atoms with E-state index in [-0.39, 0.29) is 18.9 Å². The molecule has 1 amide bonds. The Morgan fingerprint density at radius 3 is 2.61 bits per heavy atom. The normalized spacial score (nSPS) is 17.1. The number of ether oxygens (including phenoxy) is 3. The fourth-order valence-corrected chi connectivity index (χ4v) is 3.57. The molecular weight excluding hydrogens is 356 g/mol. The van der Waals surface area contributed by atoms with Crippen molar-refractivity contribution in [1.82, 2.24) is 0 Å². The number of benzene rings is 3. The molecule has 3 aromatic carbocycles. The van der Waals surface area contributed by atoms with Crippen LogP contribution in [0.1, 0.15) is 22.1 Å². The molecule has 0 aromatic heterocycles. The van der Waals surface area contributed by atoms with Crippen LogP contribution in [-0.2, 0) is 0 Å². The minimum atomic E-state index is -0.367. The number of nitrogens with zero attached hydrogens (tertiary/aromatic N) is 1. The molecule has 1 atom stereocenters. The van der Waals surface area contributed by atoms with Gasteiger partial charge in [-0.2, -0.15) is 0 Å². The van der Waals surface area contributed by atoms with Crippen LogP contribution in [0.15, 0.2) is 66.7 Å². The average molecular weight is 374 g/mol. The monoisotopic (exact) mass is 374 g/mol. The van der Waals surface area contributed by atoms with Gasteiger partial charge in [-0.1, -0.05) is 24.3 Å². The van der Waals surface area contributed by atoms with Gasteiger partial charge < -0.3 is 19.5 Å². The number of carbonyl (C=O) groups excluding carboxylic acids is 1. The summed E-state index contributed by atoms with van der Waals surface area (Å²) in [4.78, 5) is 15.2. The topological polar surface area (TPSA) is 60.0 Å². The lowest BCUT2D eigenvalue weighted by Crippen LogP contribution is -2.43. The molecule has 1 N–H and O–H groups in total. The van der Waals surface area contributed by atoms with E-state index < -0.39 is 0 Å². The van der Waals surface area contributed by atoms with Crippen molar-refractivity contribution >= 4 is 17.3 Å². The van der Waals surface area contributed by atoms with Crippen molar-refractivity contribution in [2.24, 2.45) is 0 Å². The molecule has 2 aliphatic rings. The van der Waals surface area contributed by atoms with Gasteiger partial charge in [-0.15, -0.1) is 0 Å². The second-order valence-corrected chi connectivity index (χ2v) is 6.58. The van der Waals surface area contributed by atoms with Gasteiger partial charge in [0, 0.05) is 11.8 Å². The number of para-hydroxylation sites is 1. The van der Waals surface area contributed by atoms with Gasteiger partial charge in [0.2, 0.25) is 6.79 Å². The van der Waals surface area contributed by atoms with E-state index in [1.165, 1.54) is 0 Å². The summed E-state index contributed by atoms with van der Waals surface area (Å²) in [6, 6.07) is 20.8. The zero-order chi connectivity index (χ0) is 19.1. The maximum absolute atomic E-state index is 13.4. The van der Waals surface area contributed by atoms with Gasteiger partial charge in [-0.25, -0.2) is 0 Å². The van der Waals surface area contributed by atoms with Gasteiger partial charge in [0.15, 0.2) is 11.5 Å². The second kappa shape index (κ2) is 6.49. The van der Waals surface area contributed by atoms with Gasteiger partial charge >= 0.3 is 0 Å². The molecule has 0 unspecified atom stereocenters. The van der Waals surface area contributed by atoms with E-state index in [1.807, 2.05) is 66.7 Å². The Morgan fingerprint density at radius 2 is 1.79 bits per heavy atom. The quantitative estimate of drug-likeness (QED) is 0.745. The third-order valence-corrected chi connectivity index (χ3v) is 4.99. The van der Waals surface area contributed by atoms with Crippen molar-refractivity contribution in [3.8, 4) is 17.2 Å². The van der Waals surface area contributed by atoms with Crippen LogP contribution in [0.3, 0.4) is 0 Å². The molecular formula is C22H18N2O4. The summed E-state index contributed by atoms with van der Waals surface area (Å²) in [7, 11) is 1.63. The van der Waals surface area contributed by atoms with Crippen molar-refractivity contribution in [3.05, 3.63) is 77.9 Å². The van der Waals surface area contributed by atoms with Crippen LogP contribution in [0.25, 0.3) is 0 Å². The summed E-state index contributed by atoms with van der Waals surface area (Å²) >= 11 is 0. The van der Waals surface area contributed by atoms with E-state index in [1.54, 1.807) is 12.0 Å². The highest BCUT2D eigenvalue weighted by Crippen LogP contribution is 2.41. The van der Waals surface area contributed by atoms with Crippen LogP contribution in [0, 0.1) is 0 Å². The second-order valence-electron chi connectivity index (χ2n) is 6.58. The van der Waals surface area contributed by atoms with Crippen LogP contribution in [-0.4, -0.2) is 19.8 Å². The Morgan fingerprint density at radius 1 is 1.00 bits per heavy atom. The van der Waals surface area contributed by atoms with Crippen LogP contribution < -0.4 is 24.4 Å². The molecule has 0 fully saturated rings. The van der Waals surface area contributed by atoms with Crippen molar-refractivity contribution in [3.63, 3.8) is 0 Å². The van der Waals surface area contributed by atoms with Crippen LogP contribution >= 0.6 is 0 Å². The summed E-state index contributed by atoms with van der Waals surface area (Å²) in [5.41, 5.74) is 3.12. The fraction of sp³-hybridized carbons (Fsp3) is 0.136. The standard InChI is InChI=1S/C22H18N2O4/c1-26-16-9-6-14(7-10-16)21-23-18-5-3-2-4-17(18)22(25)24(21)15-8-11-19-20(12-15)28-13-27-19/h2-12,21,23H,13H2,1H3/t21-/m0/s1. The molecule has 0 spiro atoms. The third kappa shape index (κ3) is 2.62. The molecule has 0 saturated heterocycles. The van der Waals surface area contributed by atoms with Crippen molar-refractivity contribution in [2.45, 2.75) is 6.17 Å². The highest BCUT2D eigenvalue weighted by Gasteiger charge is 2.34. The minimum absolute atomic E-state index is 0.0750. The minimum Gasteiger partial charge on any atom is -0.497 e. The highest BCUT2D eigenvalue weighted by atomic mass is 16.7. The molecule has 3 aromatic rings. The van der Waals surface area contributed by atoms with Crippen molar-refractivity contribution < 1.29 is 19.0 Å². The first kappa shape index (κ1) is 16.5. The van der Waals surface area contributed by atoms with Crippen molar-refractivity contribution in [1.29, 1.82) is 0 Å². The van der Waals surface area contributed by atoms with Gasteiger partial charge in [-0.05, 0) is 42.0 Å². The largest absolute Gasteiger partial charge is 0.497 e. The maximum Gasteiger partial charge on any atom is 0.262 e. The molecule has 0 aliphatic carbocycles. The lowest BCUT2D eigenvalue weighted by atomic mass is 10.0. The number of hydrogen-bond acceptors (Lipinski definition) is 5. The first-order valence-electron chi connectivity index (χ1n) is 8.97. The Labute approximate surface area is 162 Å². The summed E-state index contributed by atoms with van der Waals surface area (Å²) in [5.74, 6) is 2.01. The number of nitrogens with one attached hydrogen (secondary N) is 1. The molecule has 2 heterocycles. The molecule has 0 bridgehead atoms. The number of carbonyl (C=O) groups is 1. The zero-order valence-corrected chi connectivity index (χ0v) is 15.2. The van der Waals surface area contributed by atoms with Crippen molar-refractivity contribution in [2.75, 3.05) is 24.1 Å². The summed E-state index contributed by atoms with van der Waals surface area (Å²) in [6.45, 7) is 0.190. The third-order valence-electron chi connectivity index (χ3n) is 4.99. The van der Waals surface area contributed by atoms with E-state index in [0.717, 1.165) is 22.7 Å². The summed E-state index contributed by atoms with van der Waals surface area (Å²) in [6.07, 6.45) is -0.367. The molecule has 6 heteroatoms. The van der Waals surface area contributed by atoms with Gasteiger partial charge in [0.25, 0.3) is 5.91 Å². The Kier molecular flexibility index (Phi) is 3.83. The fourth-order valence-electron chi connectivity index (χ4n) is 3.57. The first-order valence-corrected chi connectivity index (χ1v) is 8.97. The average Bonchev–Trinajstić information content (AvgIpc) is 3.21. The van der Waals surface area contributed by atoms with Gasteiger partial charge in [-0.3, -0.25) is 9.69 Å². The van der Waals surface area contributed by atoms with Crippen LogP contribution in [0.4, 0.5) is 11.4 Å². The van der Waals surface area contributed by atoms with E-state index in [2.05, 4.69) is 5.32 Å². The molecule has 6 nitrogen and oxygen atoms in total. The number of fused-ring (bicyclic) bond motifs is 2. The maximum atomic E-state index is 13.4. The Bertz CT molecular complexity index is 1050. The predicted molar refractivity (Wildman–Crippen MR) is 105 cm³/mol.